The summed E-state index contributed by atoms with van der Waals surface area (Å²) < 4.78 is 37.1. The first-order valence-electron chi connectivity index (χ1n) is 12.2. The zero-order valence-corrected chi connectivity index (χ0v) is 19.4. The lowest BCUT2D eigenvalue weighted by molar-refractivity contribution is -0.192. The van der Waals surface area contributed by atoms with E-state index in [1.54, 1.807) is 5.56 Å². The van der Waals surface area contributed by atoms with Crippen LogP contribution in [0, 0.1) is 5.92 Å². The van der Waals surface area contributed by atoms with Crippen molar-refractivity contribution < 1.29 is 32.6 Å². The van der Waals surface area contributed by atoms with E-state index in [0.717, 1.165) is 19.0 Å². The summed E-state index contributed by atoms with van der Waals surface area (Å²) in [4.78, 5) is 26.5. The summed E-state index contributed by atoms with van der Waals surface area (Å²) in [6.45, 7) is 6.67. The molecule has 1 aromatic carbocycles. The molecule has 4 aliphatic rings. The van der Waals surface area contributed by atoms with E-state index in [4.69, 9.17) is 14.6 Å². The zero-order valence-electron chi connectivity index (χ0n) is 19.4. The maximum absolute atomic E-state index is 12.9. The number of halogens is 3. The van der Waals surface area contributed by atoms with Crippen LogP contribution in [0.3, 0.4) is 0 Å². The topological polar surface area (TPSA) is 70.1 Å². The third kappa shape index (κ3) is 5.92. The Labute approximate surface area is 198 Å². The van der Waals surface area contributed by atoms with Crippen molar-refractivity contribution in [3.05, 3.63) is 35.4 Å². The monoisotopic (exact) mass is 482 g/mol. The van der Waals surface area contributed by atoms with Gasteiger partial charge < -0.3 is 19.6 Å². The van der Waals surface area contributed by atoms with E-state index < -0.39 is 12.1 Å². The van der Waals surface area contributed by atoms with Crippen molar-refractivity contribution in [2.45, 2.75) is 56.0 Å². The molecule has 1 unspecified atom stereocenters. The first-order valence-corrected chi connectivity index (χ1v) is 12.2. The highest BCUT2D eigenvalue weighted by Crippen LogP contribution is 2.53. The smallest absolute Gasteiger partial charge is 0.475 e. The number of rotatable bonds is 4. The van der Waals surface area contributed by atoms with Crippen LogP contribution in [0.4, 0.5) is 13.2 Å². The minimum absolute atomic E-state index is 0.312. The zero-order chi connectivity index (χ0) is 24.3. The number of alkyl halides is 3. The summed E-state index contributed by atoms with van der Waals surface area (Å²) in [5, 5.41) is 7.12. The molecule has 1 amide bonds. The molecule has 34 heavy (non-hydrogen) atoms. The Kier molecular flexibility index (Phi) is 7.52. The average Bonchev–Trinajstić information content (AvgIpc) is 3.59. The molecule has 3 fully saturated rings. The van der Waals surface area contributed by atoms with Crippen LogP contribution in [-0.4, -0.2) is 78.9 Å². The first-order chi connectivity index (χ1) is 16.2. The Morgan fingerprint density at radius 2 is 1.68 bits per heavy atom. The van der Waals surface area contributed by atoms with Gasteiger partial charge in [-0.25, -0.2) is 4.79 Å². The number of hydrogen-bond acceptors (Lipinski definition) is 4. The number of carbonyl (C=O) groups is 2. The number of fused-ring (bicyclic) bond motifs is 2. The number of carbonyl (C=O) groups excluding carboxylic acids is 1. The molecule has 2 aliphatic heterocycles. The molecule has 1 N–H and O–H groups in total. The Hall–Kier alpha value is -2.13. The lowest BCUT2D eigenvalue weighted by Gasteiger charge is -2.40. The van der Waals surface area contributed by atoms with Gasteiger partial charge in [0.15, 0.2) is 0 Å². The second-order valence-electron chi connectivity index (χ2n) is 10.0. The molecule has 1 atom stereocenters. The van der Waals surface area contributed by atoms with Crippen LogP contribution in [0.1, 0.15) is 55.6 Å². The van der Waals surface area contributed by atoms with Crippen LogP contribution in [0.5, 0.6) is 0 Å². The van der Waals surface area contributed by atoms with Gasteiger partial charge in [-0.15, -0.1) is 0 Å². The van der Waals surface area contributed by atoms with E-state index in [1.807, 2.05) is 4.90 Å². The van der Waals surface area contributed by atoms with Crippen LogP contribution in [0.15, 0.2) is 24.3 Å². The number of morpholine rings is 1. The van der Waals surface area contributed by atoms with Crippen molar-refractivity contribution in [1.82, 2.24) is 9.80 Å². The van der Waals surface area contributed by atoms with Gasteiger partial charge in [0.1, 0.15) is 0 Å². The third-order valence-corrected chi connectivity index (χ3v) is 7.66. The Balaban J connectivity index is 0.000000344. The van der Waals surface area contributed by atoms with Crippen LogP contribution in [0.2, 0.25) is 0 Å². The fourth-order valence-corrected chi connectivity index (χ4v) is 5.66. The molecule has 0 radical (unpaired) electrons. The molecule has 1 aromatic rings. The largest absolute Gasteiger partial charge is 0.490 e. The summed E-state index contributed by atoms with van der Waals surface area (Å²) in [5.41, 5.74) is 3.32. The maximum Gasteiger partial charge on any atom is 0.490 e. The van der Waals surface area contributed by atoms with Gasteiger partial charge in [-0.05, 0) is 73.6 Å². The van der Waals surface area contributed by atoms with Crippen LogP contribution in [0.25, 0.3) is 0 Å². The van der Waals surface area contributed by atoms with Gasteiger partial charge in [0.25, 0.3) is 0 Å². The van der Waals surface area contributed by atoms with Crippen molar-refractivity contribution in [2.24, 2.45) is 5.92 Å². The molecule has 6 nitrogen and oxygen atoms in total. The SMILES string of the molecule is O=C(CC1CC2(CCN(CC3CC3)CC2)c2ccccc21)N1CCOCC1.O=C(O)C(F)(F)F. The number of likely N-dealkylation sites (tertiary alicyclic amines) is 1. The van der Waals surface area contributed by atoms with Gasteiger partial charge in [-0.2, -0.15) is 13.2 Å². The highest BCUT2D eigenvalue weighted by Gasteiger charge is 2.46. The molecule has 1 spiro atoms. The van der Waals surface area contributed by atoms with Crippen molar-refractivity contribution in [3.63, 3.8) is 0 Å². The normalized spacial score (nSPS) is 24.3. The molecule has 2 aliphatic carbocycles. The summed E-state index contributed by atoms with van der Waals surface area (Å²) in [5.74, 6) is -1.06. The lowest BCUT2D eigenvalue weighted by Crippen LogP contribution is -2.43. The highest BCUT2D eigenvalue weighted by molar-refractivity contribution is 5.77. The minimum atomic E-state index is -5.08. The van der Waals surface area contributed by atoms with Crippen LogP contribution in [-0.2, 0) is 19.7 Å². The van der Waals surface area contributed by atoms with Crippen molar-refractivity contribution >= 4 is 11.9 Å². The number of piperidine rings is 1. The van der Waals surface area contributed by atoms with E-state index >= 15 is 0 Å². The van der Waals surface area contributed by atoms with Gasteiger partial charge in [0.05, 0.1) is 13.2 Å². The standard InChI is InChI=1S/C23H32N2O2.C2HF3O2/c26-22(25-11-13-27-14-12-25)15-19-16-23(21-4-2-1-3-20(19)21)7-9-24(10-8-23)17-18-5-6-18;3-2(4,5)1(6)7/h1-4,18-19H,5-17H2;(H,6,7). The van der Waals surface area contributed by atoms with Crippen molar-refractivity contribution in [1.29, 1.82) is 0 Å². The number of aliphatic carboxylic acids is 1. The molecule has 5 rings (SSSR count). The number of carboxylic acids is 1. The third-order valence-electron chi connectivity index (χ3n) is 7.66. The predicted octanol–water partition coefficient (Wildman–Crippen LogP) is 3.80. The van der Waals surface area contributed by atoms with Gasteiger partial charge in [0, 0.05) is 26.1 Å². The quantitative estimate of drug-likeness (QED) is 0.707. The molecule has 2 heterocycles. The molecule has 0 bridgehead atoms. The fraction of sp³-hybridized carbons (Fsp3) is 0.680. The number of benzene rings is 1. The first kappa shape index (κ1) is 25.0. The average molecular weight is 483 g/mol. The predicted molar refractivity (Wildman–Crippen MR) is 120 cm³/mol. The van der Waals surface area contributed by atoms with E-state index in [0.29, 0.717) is 36.9 Å². The van der Waals surface area contributed by atoms with Crippen LogP contribution < -0.4 is 0 Å². The van der Waals surface area contributed by atoms with E-state index in [1.165, 1.54) is 57.3 Å². The van der Waals surface area contributed by atoms with Gasteiger partial charge in [-0.3, -0.25) is 4.79 Å². The van der Waals surface area contributed by atoms with E-state index in [-0.39, 0.29) is 0 Å². The number of nitrogens with zero attached hydrogens (tertiary/aromatic N) is 2. The number of hydrogen-bond donors (Lipinski definition) is 1. The minimum Gasteiger partial charge on any atom is -0.475 e. The van der Waals surface area contributed by atoms with Crippen molar-refractivity contribution in [2.75, 3.05) is 45.9 Å². The fourth-order valence-electron chi connectivity index (χ4n) is 5.66. The molecule has 2 saturated heterocycles. The highest BCUT2D eigenvalue weighted by atomic mass is 19.4. The summed E-state index contributed by atoms with van der Waals surface area (Å²) in [7, 11) is 0. The molecule has 9 heteroatoms. The summed E-state index contributed by atoms with van der Waals surface area (Å²) in [6.07, 6.45) is 2.16. The van der Waals surface area contributed by atoms with Gasteiger partial charge in [0.2, 0.25) is 5.91 Å². The molecule has 1 saturated carbocycles. The Bertz CT molecular complexity index is 873. The second-order valence-corrected chi connectivity index (χ2v) is 10.0. The summed E-state index contributed by atoms with van der Waals surface area (Å²) in [6, 6.07) is 9.00. The van der Waals surface area contributed by atoms with Crippen LogP contribution >= 0.6 is 0 Å². The molecule has 0 aromatic heterocycles. The lowest BCUT2D eigenvalue weighted by atomic mass is 9.73. The maximum atomic E-state index is 12.9. The van der Waals surface area contributed by atoms with Gasteiger partial charge >= 0.3 is 12.1 Å². The molecular weight excluding hydrogens is 449 g/mol. The van der Waals surface area contributed by atoms with E-state index in [9.17, 15) is 18.0 Å². The number of carboxylic acid groups (broad SMARTS) is 1. The Morgan fingerprint density at radius 1 is 1.06 bits per heavy atom. The summed E-state index contributed by atoms with van der Waals surface area (Å²) >= 11 is 0. The second kappa shape index (κ2) is 10.2. The van der Waals surface area contributed by atoms with E-state index in [2.05, 4.69) is 29.2 Å². The Morgan fingerprint density at radius 3 is 2.26 bits per heavy atom. The molecular formula is C25H33F3N2O4. The number of amides is 1. The number of ether oxygens (including phenoxy) is 1. The van der Waals surface area contributed by atoms with Crippen molar-refractivity contribution in [3.8, 4) is 0 Å². The molecule has 188 valence electrons. The van der Waals surface area contributed by atoms with Gasteiger partial charge in [-0.1, -0.05) is 24.3 Å².